The molecular weight excluding hydrogens is 480 g/mol. The summed E-state index contributed by atoms with van der Waals surface area (Å²) in [6.07, 6.45) is 6.07. The maximum absolute atomic E-state index is 12.1. The van der Waals surface area contributed by atoms with Gasteiger partial charge in [0.2, 0.25) is 0 Å². The van der Waals surface area contributed by atoms with E-state index in [1.165, 1.54) is 6.20 Å². The molecule has 1 saturated carbocycles. The lowest BCUT2D eigenvalue weighted by Gasteiger charge is -2.34. The summed E-state index contributed by atoms with van der Waals surface area (Å²) < 4.78 is 29.8. The van der Waals surface area contributed by atoms with Crippen molar-refractivity contribution in [2.75, 3.05) is 36.2 Å². The van der Waals surface area contributed by atoms with E-state index < -0.39 is 9.84 Å². The summed E-state index contributed by atoms with van der Waals surface area (Å²) in [7, 11) is -3.44. The maximum Gasteiger partial charge on any atom is 0.319 e. The Morgan fingerprint density at radius 3 is 2.56 bits per heavy atom. The highest BCUT2D eigenvalue weighted by molar-refractivity contribution is 7.90. The molecule has 2 fully saturated rings. The van der Waals surface area contributed by atoms with Crippen molar-refractivity contribution in [2.45, 2.75) is 36.7 Å². The van der Waals surface area contributed by atoms with E-state index in [0.29, 0.717) is 42.5 Å². The highest BCUT2D eigenvalue weighted by Crippen LogP contribution is 2.29. The fourth-order valence-electron chi connectivity index (χ4n) is 3.97. The van der Waals surface area contributed by atoms with E-state index in [4.69, 9.17) is 14.7 Å². The average Bonchev–Trinajstić information content (AvgIpc) is 3.68. The lowest BCUT2D eigenvalue weighted by molar-refractivity contribution is 0.0985. The summed E-state index contributed by atoms with van der Waals surface area (Å²) in [5.74, 6) is 1.10. The zero-order chi connectivity index (χ0) is 25.3. The van der Waals surface area contributed by atoms with E-state index in [1.54, 1.807) is 12.3 Å². The number of sulfone groups is 1. The van der Waals surface area contributed by atoms with Gasteiger partial charge in [-0.15, -0.1) is 0 Å². The van der Waals surface area contributed by atoms with Crippen molar-refractivity contribution < 1.29 is 17.9 Å². The zero-order valence-corrected chi connectivity index (χ0v) is 21.0. The molecule has 2 aromatic heterocycles. The Balaban J connectivity index is 1.50. The standard InChI is InChI=1S/C25H28N6O4S/c1-16-15-35-10-9-31(16)23-12-22(17-3-5-19(6-4-17)27-25(32)28-20-7-8-20)29-24(30-23)18-11-21(14-26-13-18)36(2,33)34/h3-6,11-14,16,20H,7-10,15H2,1-2H3,(H2,27,28,32)/t16-/m0/s1. The normalized spacial score (nSPS) is 18.1. The summed E-state index contributed by atoms with van der Waals surface area (Å²) >= 11 is 0. The van der Waals surface area contributed by atoms with Crippen LogP contribution in [0.2, 0.25) is 0 Å². The summed E-state index contributed by atoms with van der Waals surface area (Å²) in [6.45, 7) is 3.92. The van der Waals surface area contributed by atoms with Gasteiger partial charge in [-0.1, -0.05) is 12.1 Å². The Morgan fingerprint density at radius 2 is 1.86 bits per heavy atom. The number of ether oxygens (including phenoxy) is 1. The average molecular weight is 509 g/mol. The van der Waals surface area contributed by atoms with Crippen molar-refractivity contribution in [3.05, 3.63) is 48.8 Å². The molecule has 3 heterocycles. The van der Waals surface area contributed by atoms with Crippen LogP contribution in [0.15, 0.2) is 53.7 Å². The number of carbonyl (C=O) groups is 1. The largest absolute Gasteiger partial charge is 0.377 e. The first-order valence-corrected chi connectivity index (χ1v) is 13.7. The summed E-state index contributed by atoms with van der Waals surface area (Å²) in [5.41, 5.74) is 2.70. The van der Waals surface area contributed by atoms with Crippen LogP contribution in [0, 0.1) is 0 Å². The number of benzene rings is 1. The van der Waals surface area contributed by atoms with Crippen LogP contribution in [-0.4, -0.2) is 67.5 Å². The molecule has 2 N–H and O–H groups in total. The van der Waals surface area contributed by atoms with Crippen LogP contribution < -0.4 is 15.5 Å². The molecular formula is C25H28N6O4S. The smallest absolute Gasteiger partial charge is 0.319 e. The van der Waals surface area contributed by atoms with Crippen LogP contribution in [0.1, 0.15) is 19.8 Å². The van der Waals surface area contributed by atoms with Crippen LogP contribution in [-0.2, 0) is 14.6 Å². The molecule has 2 aliphatic rings. The van der Waals surface area contributed by atoms with Crippen LogP contribution >= 0.6 is 0 Å². The van der Waals surface area contributed by atoms with Gasteiger partial charge in [0.1, 0.15) is 5.82 Å². The van der Waals surface area contributed by atoms with Crippen LogP contribution in [0.3, 0.4) is 0 Å². The monoisotopic (exact) mass is 508 g/mol. The third kappa shape index (κ3) is 5.63. The van der Waals surface area contributed by atoms with Gasteiger partial charge in [0, 0.05) is 54.1 Å². The number of urea groups is 1. The number of pyridine rings is 1. The molecule has 0 unspecified atom stereocenters. The second-order valence-electron chi connectivity index (χ2n) is 9.18. The number of morpholine rings is 1. The van der Waals surface area contributed by atoms with Gasteiger partial charge < -0.3 is 20.3 Å². The second kappa shape index (κ2) is 9.82. The number of amides is 2. The van der Waals surface area contributed by atoms with Crippen molar-refractivity contribution >= 4 is 27.4 Å². The highest BCUT2D eigenvalue weighted by Gasteiger charge is 2.24. The fraction of sp³-hybridized carbons (Fsp3) is 0.360. The minimum atomic E-state index is -3.44. The van der Waals surface area contributed by atoms with E-state index in [1.807, 2.05) is 30.3 Å². The minimum Gasteiger partial charge on any atom is -0.377 e. The van der Waals surface area contributed by atoms with Gasteiger partial charge in [-0.25, -0.2) is 23.2 Å². The van der Waals surface area contributed by atoms with Crippen LogP contribution in [0.25, 0.3) is 22.6 Å². The van der Waals surface area contributed by atoms with Crippen LogP contribution in [0.4, 0.5) is 16.3 Å². The van der Waals surface area contributed by atoms with Gasteiger partial charge in [-0.05, 0) is 38.0 Å². The molecule has 1 aliphatic heterocycles. The van der Waals surface area contributed by atoms with Crippen molar-refractivity contribution in [1.29, 1.82) is 0 Å². The summed E-state index contributed by atoms with van der Waals surface area (Å²) in [6, 6.07) is 11.1. The molecule has 0 radical (unpaired) electrons. The fourth-order valence-corrected chi connectivity index (χ4v) is 4.57. The summed E-state index contributed by atoms with van der Waals surface area (Å²) in [4.78, 5) is 28.0. The number of carbonyl (C=O) groups excluding carboxylic acids is 1. The van der Waals surface area contributed by atoms with Gasteiger partial charge in [0.25, 0.3) is 0 Å². The molecule has 1 aromatic carbocycles. The van der Waals surface area contributed by atoms with Gasteiger partial charge in [0.05, 0.1) is 29.8 Å². The molecule has 0 bridgehead atoms. The second-order valence-corrected chi connectivity index (χ2v) is 11.2. The van der Waals surface area contributed by atoms with Gasteiger partial charge in [-0.3, -0.25) is 4.98 Å². The first-order valence-electron chi connectivity index (χ1n) is 11.8. The maximum atomic E-state index is 12.1. The Labute approximate surface area is 210 Å². The number of hydrogen-bond donors (Lipinski definition) is 2. The molecule has 11 heteroatoms. The first kappa shape index (κ1) is 24.1. The lowest BCUT2D eigenvalue weighted by Crippen LogP contribution is -2.44. The predicted molar refractivity (Wildman–Crippen MR) is 137 cm³/mol. The Morgan fingerprint density at radius 1 is 1.08 bits per heavy atom. The van der Waals surface area contributed by atoms with E-state index >= 15 is 0 Å². The van der Waals surface area contributed by atoms with Gasteiger partial charge in [-0.2, -0.15) is 0 Å². The topological polar surface area (TPSA) is 126 Å². The molecule has 0 spiro atoms. The third-order valence-electron chi connectivity index (χ3n) is 6.13. The highest BCUT2D eigenvalue weighted by atomic mass is 32.2. The number of aromatic nitrogens is 3. The first-order chi connectivity index (χ1) is 17.3. The number of hydrogen-bond acceptors (Lipinski definition) is 8. The molecule has 188 valence electrons. The number of nitrogens with zero attached hydrogens (tertiary/aromatic N) is 4. The number of rotatable bonds is 6. The number of nitrogens with one attached hydrogen (secondary N) is 2. The van der Waals surface area contributed by atoms with E-state index in [9.17, 15) is 13.2 Å². The predicted octanol–water partition coefficient (Wildman–Crippen LogP) is 3.12. The van der Waals surface area contributed by atoms with E-state index in [2.05, 4.69) is 27.4 Å². The van der Waals surface area contributed by atoms with Gasteiger partial charge in [0.15, 0.2) is 15.7 Å². The van der Waals surface area contributed by atoms with Crippen molar-refractivity contribution in [3.8, 4) is 22.6 Å². The third-order valence-corrected chi connectivity index (χ3v) is 7.20. The van der Waals surface area contributed by atoms with E-state index in [0.717, 1.165) is 30.5 Å². The molecule has 1 saturated heterocycles. The van der Waals surface area contributed by atoms with E-state index in [-0.39, 0.29) is 23.0 Å². The Kier molecular flexibility index (Phi) is 6.59. The molecule has 5 rings (SSSR count). The molecule has 1 atom stereocenters. The number of anilines is 2. The van der Waals surface area contributed by atoms with Crippen LogP contribution in [0.5, 0.6) is 0 Å². The van der Waals surface area contributed by atoms with Gasteiger partial charge >= 0.3 is 6.03 Å². The molecule has 2 amide bonds. The lowest BCUT2D eigenvalue weighted by atomic mass is 10.1. The Bertz CT molecular complexity index is 1380. The van der Waals surface area contributed by atoms with Crippen molar-refractivity contribution in [2.24, 2.45) is 0 Å². The van der Waals surface area contributed by atoms with Crippen molar-refractivity contribution in [1.82, 2.24) is 20.3 Å². The Hall–Kier alpha value is -3.57. The molecule has 3 aromatic rings. The molecule has 1 aliphatic carbocycles. The molecule has 36 heavy (non-hydrogen) atoms. The zero-order valence-electron chi connectivity index (χ0n) is 20.1. The minimum absolute atomic E-state index is 0.107. The van der Waals surface area contributed by atoms with Crippen molar-refractivity contribution in [3.63, 3.8) is 0 Å². The summed E-state index contributed by atoms with van der Waals surface area (Å²) in [5, 5.41) is 5.75. The molecule has 10 nitrogen and oxygen atoms in total. The SMILES string of the molecule is C[C@H]1COCCN1c1cc(-c2ccc(NC(=O)NC3CC3)cc2)nc(-c2cncc(S(C)(=O)=O)c2)n1. The quantitative estimate of drug-likeness (QED) is 0.520.